The maximum atomic E-state index is 13.1. The van der Waals surface area contributed by atoms with Gasteiger partial charge in [-0.15, -0.1) is 0 Å². The summed E-state index contributed by atoms with van der Waals surface area (Å²) in [6, 6.07) is 4.08. The normalized spacial score (nSPS) is 14.3. The van der Waals surface area contributed by atoms with Gasteiger partial charge in [0.15, 0.2) is 0 Å². The van der Waals surface area contributed by atoms with E-state index < -0.39 is 27.8 Å². The minimum Gasteiger partial charge on any atom is -0.480 e. The standard InChI is InChI=1S/C11H12ClFO3S/c1-2-10(11(14)15)17(16)6-7-3-4-8(12)9(13)5-7/h3-5,10H,2,6H2,1H3,(H,14,15). The number of benzene rings is 1. The monoisotopic (exact) mass is 278 g/mol. The summed E-state index contributed by atoms with van der Waals surface area (Å²) in [7, 11) is -1.56. The predicted molar refractivity (Wildman–Crippen MR) is 65.0 cm³/mol. The quantitative estimate of drug-likeness (QED) is 0.901. The predicted octanol–water partition coefficient (Wildman–Crippen LogP) is 2.59. The molecule has 0 radical (unpaired) electrons. The second-order valence-corrected chi connectivity index (χ2v) is 5.54. The fraction of sp³-hybridized carbons (Fsp3) is 0.364. The lowest BCUT2D eigenvalue weighted by Gasteiger charge is -2.09. The third-order valence-corrected chi connectivity index (χ3v) is 4.35. The number of aliphatic carboxylic acids is 1. The molecule has 0 saturated heterocycles. The first-order valence-electron chi connectivity index (χ1n) is 4.99. The van der Waals surface area contributed by atoms with Gasteiger partial charge in [0, 0.05) is 16.6 Å². The Balaban J connectivity index is 2.80. The number of hydrogen-bond donors (Lipinski definition) is 1. The molecule has 0 aliphatic heterocycles. The molecule has 1 aromatic rings. The second-order valence-electron chi connectivity index (χ2n) is 3.51. The summed E-state index contributed by atoms with van der Waals surface area (Å²) in [5, 5.41) is 7.90. The van der Waals surface area contributed by atoms with E-state index >= 15 is 0 Å². The molecule has 94 valence electrons. The summed E-state index contributed by atoms with van der Waals surface area (Å²) < 4.78 is 24.9. The van der Waals surface area contributed by atoms with Crippen molar-refractivity contribution in [1.82, 2.24) is 0 Å². The van der Waals surface area contributed by atoms with Gasteiger partial charge in [0.1, 0.15) is 11.1 Å². The third kappa shape index (κ3) is 3.78. The highest BCUT2D eigenvalue weighted by Gasteiger charge is 2.22. The lowest BCUT2D eigenvalue weighted by molar-refractivity contribution is -0.136. The van der Waals surface area contributed by atoms with Crippen LogP contribution in [0.25, 0.3) is 0 Å². The van der Waals surface area contributed by atoms with Gasteiger partial charge in [-0.3, -0.25) is 9.00 Å². The molecule has 2 unspecified atom stereocenters. The first-order chi connectivity index (χ1) is 7.95. The minimum absolute atomic E-state index is 0.00944. The molecule has 6 heteroatoms. The first kappa shape index (κ1) is 14.1. The van der Waals surface area contributed by atoms with Crippen molar-refractivity contribution in [3.63, 3.8) is 0 Å². The highest BCUT2D eigenvalue weighted by molar-refractivity contribution is 7.85. The second kappa shape index (κ2) is 6.12. The number of carbonyl (C=O) groups is 1. The third-order valence-electron chi connectivity index (χ3n) is 2.26. The van der Waals surface area contributed by atoms with E-state index in [0.717, 1.165) is 0 Å². The van der Waals surface area contributed by atoms with Gasteiger partial charge < -0.3 is 5.11 Å². The van der Waals surface area contributed by atoms with Gasteiger partial charge in [-0.1, -0.05) is 24.6 Å². The van der Waals surface area contributed by atoms with E-state index in [1.165, 1.54) is 18.2 Å². The SMILES string of the molecule is CCC(C(=O)O)S(=O)Cc1ccc(Cl)c(F)c1. The van der Waals surface area contributed by atoms with E-state index in [0.29, 0.717) is 5.56 Å². The van der Waals surface area contributed by atoms with E-state index in [2.05, 4.69) is 0 Å². The maximum Gasteiger partial charge on any atom is 0.319 e. The van der Waals surface area contributed by atoms with E-state index in [9.17, 15) is 13.4 Å². The van der Waals surface area contributed by atoms with Gasteiger partial charge in [0.05, 0.1) is 5.02 Å². The van der Waals surface area contributed by atoms with Gasteiger partial charge in [-0.05, 0) is 24.1 Å². The molecular weight excluding hydrogens is 267 g/mol. The van der Waals surface area contributed by atoms with Crippen LogP contribution in [0.4, 0.5) is 4.39 Å². The zero-order valence-electron chi connectivity index (χ0n) is 9.15. The number of carboxylic acids is 1. The summed E-state index contributed by atoms with van der Waals surface area (Å²) in [6.45, 7) is 1.65. The number of rotatable bonds is 5. The molecule has 0 amide bonds. The molecule has 0 aliphatic carbocycles. The molecule has 0 bridgehead atoms. The van der Waals surface area contributed by atoms with Crippen LogP contribution in [-0.4, -0.2) is 20.5 Å². The van der Waals surface area contributed by atoms with Crippen molar-refractivity contribution >= 4 is 28.4 Å². The van der Waals surface area contributed by atoms with Crippen molar-refractivity contribution in [1.29, 1.82) is 0 Å². The molecule has 0 saturated carbocycles. The molecule has 0 heterocycles. The molecule has 17 heavy (non-hydrogen) atoms. The van der Waals surface area contributed by atoms with Crippen molar-refractivity contribution in [2.24, 2.45) is 0 Å². The van der Waals surface area contributed by atoms with Crippen molar-refractivity contribution in [2.75, 3.05) is 0 Å². The van der Waals surface area contributed by atoms with Gasteiger partial charge in [-0.2, -0.15) is 0 Å². The van der Waals surface area contributed by atoms with Gasteiger partial charge >= 0.3 is 5.97 Å². The fourth-order valence-corrected chi connectivity index (χ4v) is 2.79. The van der Waals surface area contributed by atoms with Crippen LogP contribution in [0.3, 0.4) is 0 Å². The Morgan fingerprint density at radius 2 is 2.24 bits per heavy atom. The van der Waals surface area contributed by atoms with E-state index in [1.807, 2.05) is 0 Å². The molecule has 3 nitrogen and oxygen atoms in total. The number of halogens is 2. The van der Waals surface area contributed by atoms with E-state index in [1.54, 1.807) is 6.92 Å². The zero-order chi connectivity index (χ0) is 13.0. The molecule has 0 fully saturated rings. The Morgan fingerprint density at radius 3 is 2.71 bits per heavy atom. The van der Waals surface area contributed by atoms with Gasteiger partial charge in [-0.25, -0.2) is 4.39 Å². The van der Waals surface area contributed by atoms with Crippen LogP contribution >= 0.6 is 11.6 Å². The summed E-state index contributed by atoms with van der Waals surface area (Å²) in [4.78, 5) is 10.8. The fourth-order valence-electron chi connectivity index (χ4n) is 1.37. The first-order valence-corrected chi connectivity index (χ1v) is 6.75. The van der Waals surface area contributed by atoms with Crippen molar-refractivity contribution in [3.8, 4) is 0 Å². The number of hydrogen-bond acceptors (Lipinski definition) is 2. The van der Waals surface area contributed by atoms with Crippen molar-refractivity contribution < 1.29 is 18.5 Å². The van der Waals surface area contributed by atoms with Crippen molar-refractivity contribution in [2.45, 2.75) is 24.3 Å². The van der Waals surface area contributed by atoms with Gasteiger partial charge in [0.25, 0.3) is 0 Å². The molecule has 0 aromatic heterocycles. The minimum atomic E-state index is -1.56. The Kier molecular flexibility index (Phi) is 5.08. The van der Waals surface area contributed by atoms with Crippen LogP contribution in [0.15, 0.2) is 18.2 Å². The van der Waals surface area contributed by atoms with Crippen molar-refractivity contribution in [3.05, 3.63) is 34.6 Å². The Hall–Kier alpha value is -0.940. The summed E-state index contributed by atoms with van der Waals surface area (Å²) in [6.07, 6.45) is 0.276. The Labute approximate surface area is 106 Å². The van der Waals surface area contributed by atoms with Crippen LogP contribution in [0.2, 0.25) is 5.02 Å². The van der Waals surface area contributed by atoms with E-state index in [4.69, 9.17) is 16.7 Å². The summed E-state index contributed by atoms with van der Waals surface area (Å²) in [5.74, 6) is -1.68. The Bertz CT molecular complexity index is 450. The molecule has 1 rings (SSSR count). The molecule has 2 atom stereocenters. The molecule has 0 spiro atoms. The van der Waals surface area contributed by atoms with Crippen LogP contribution in [0, 0.1) is 5.82 Å². The topological polar surface area (TPSA) is 54.4 Å². The molecular formula is C11H12ClFO3S. The van der Waals surface area contributed by atoms with Crippen LogP contribution in [-0.2, 0) is 21.3 Å². The lowest BCUT2D eigenvalue weighted by atomic mass is 10.2. The Morgan fingerprint density at radius 1 is 1.59 bits per heavy atom. The largest absolute Gasteiger partial charge is 0.480 e. The molecule has 1 N–H and O–H groups in total. The number of carboxylic acid groups (broad SMARTS) is 1. The smallest absolute Gasteiger partial charge is 0.319 e. The zero-order valence-corrected chi connectivity index (χ0v) is 10.7. The van der Waals surface area contributed by atoms with Crippen LogP contribution in [0.1, 0.15) is 18.9 Å². The summed E-state index contributed by atoms with van der Waals surface area (Å²) in [5.41, 5.74) is 0.477. The highest BCUT2D eigenvalue weighted by Crippen LogP contribution is 2.18. The highest BCUT2D eigenvalue weighted by atomic mass is 35.5. The van der Waals surface area contributed by atoms with Crippen LogP contribution in [0.5, 0.6) is 0 Å². The van der Waals surface area contributed by atoms with Gasteiger partial charge in [0.2, 0.25) is 0 Å². The van der Waals surface area contributed by atoms with E-state index in [-0.39, 0.29) is 17.2 Å². The van der Waals surface area contributed by atoms with Crippen LogP contribution < -0.4 is 0 Å². The average Bonchev–Trinajstić information content (AvgIpc) is 2.24. The lowest BCUT2D eigenvalue weighted by Crippen LogP contribution is -2.25. The maximum absolute atomic E-state index is 13.1. The average molecular weight is 279 g/mol. The molecule has 1 aromatic carbocycles. The summed E-state index contributed by atoms with van der Waals surface area (Å²) >= 11 is 5.51. The molecule has 0 aliphatic rings.